The second-order valence-corrected chi connectivity index (χ2v) is 5.73. The summed E-state index contributed by atoms with van der Waals surface area (Å²) in [6.07, 6.45) is 0. The van der Waals surface area contributed by atoms with Crippen LogP contribution in [0.25, 0.3) is 0 Å². The van der Waals surface area contributed by atoms with Crippen molar-refractivity contribution in [2.24, 2.45) is 0 Å². The van der Waals surface area contributed by atoms with Gasteiger partial charge in [0.2, 0.25) is 0 Å². The minimum absolute atomic E-state index is 0.600. The summed E-state index contributed by atoms with van der Waals surface area (Å²) in [5.74, 6) is 0.940. The lowest BCUT2D eigenvalue weighted by Gasteiger charge is -2.13. The highest BCUT2D eigenvalue weighted by atomic mass is 79.9. The van der Waals surface area contributed by atoms with E-state index in [0.717, 1.165) is 23.3 Å². The quantitative estimate of drug-likeness (QED) is 0.843. The molecule has 3 heteroatoms. The Morgan fingerprint density at radius 2 is 2.00 bits per heavy atom. The number of rotatable bonds is 6. The monoisotopic (exact) mass is 333 g/mol. The van der Waals surface area contributed by atoms with Crippen LogP contribution in [0.5, 0.6) is 5.75 Å². The molecule has 0 saturated heterocycles. The third kappa shape index (κ3) is 4.36. The lowest BCUT2D eigenvalue weighted by Crippen LogP contribution is -2.13. The minimum Gasteiger partial charge on any atom is -0.489 e. The first-order chi connectivity index (χ1) is 9.69. The van der Waals surface area contributed by atoms with Crippen LogP contribution in [-0.2, 0) is 13.2 Å². The van der Waals surface area contributed by atoms with Crippen molar-refractivity contribution in [1.29, 1.82) is 0 Å². The Hall–Kier alpha value is -1.32. The second kappa shape index (κ2) is 7.46. The van der Waals surface area contributed by atoms with E-state index in [0.29, 0.717) is 6.61 Å². The number of ether oxygens (including phenoxy) is 1. The van der Waals surface area contributed by atoms with E-state index in [9.17, 15) is 0 Å². The van der Waals surface area contributed by atoms with E-state index in [4.69, 9.17) is 4.74 Å². The molecule has 2 aromatic rings. The molecule has 0 unspecified atom stereocenters. The second-order valence-electron chi connectivity index (χ2n) is 4.81. The van der Waals surface area contributed by atoms with Gasteiger partial charge in [0.15, 0.2) is 0 Å². The molecule has 2 nitrogen and oxygen atoms in total. The predicted molar refractivity (Wildman–Crippen MR) is 87.0 cm³/mol. The molecule has 0 atom stereocenters. The maximum Gasteiger partial charge on any atom is 0.124 e. The van der Waals surface area contributed by atoms with Crippen LogP contribution in [0.1, 0.15) is 23.6 Å². The van der Waals surface area contributed by atoms with Crippen LogP contribution >= 0.6 is 15.9 Å². The molecule has 2 aromatic carbocycles. The zero-order valence-corrected chi connectivity index (χ0v) is 13.5. The van der Waals surface area contributed by atoms with Crippen molar-refractivity contribution in [3.05, 3.63) is 63.6 Å². The lowest BCUT2D eigenvalue weighted by atomic mass is 10.1. The highest BCUT2D eigenvalue weighted by molar-refractivity contribution is 9.10. The van der Waals surface area contributed by atoms with Gasteiger partial charge in [-0.2, -0.15) is 0 Å². The van der Waals surface area contributed by atoms with E-state index in [1.807, 2.05) is 12.1 Å². The van der Waals surface area contributed by atoms with Crippen molar-refractivity contribution >= 4 is 15.9 Å². The number of hydrogen-bond donors (Lipinski definition) is 1. The van der Waals surface area contributed by atoms with Crippen molar-refractivity contribution in [2.75, 3.05) is 6.54 Å². The summed E-state index contributed by atoms with van der Waals surface area (Å²) in [6, 6.07) is 14.6. The molecule has 0 saturated carbocycles. The Morgan fingerprint density at radius 1 is 1.15 bits per heavy atom. The number of benzene rings is 2. The number of nitrogens with one attached hydrogen (secondary N) is 1. The molecule has 1 N–H and O–H groups in total. The average Bonchev–Trinajstić information content (AvgIpc) is 2.44. The minimum atomic E-state index is 0.600. The molecular weight excluding hydrogens is 314 g/mol. The molecule has 0 spiro atoms. The smallest absolute Gasteiger partial charge is 0.124 e. The summed E-state index contributed by atoms with van der Waals surface area (Å²) in [6.45, 7) is 6.57. The van der Waals surface area contributed by atoms with Gasteiger partial charge in [0.25, 0.3) is 0 Å². The van der Waals surface area contributed by atoms with Gasteiger partial charge in [-0.05, 0) is 37.2 Å². The van der Waals surface area contributed by atoms with Crippen LogP contribution in [-0.4, -0.2) is 6.54 Å². The fourth-order valence-electron chi connectivity index (χ4n) is 2.05. The van der Waals surface area contributed by atoms with Crippen molar-refractivity contribution < 1.29 is 4.74 Å². The summed E-state index contributed by atoms with van der Waals surface area (Å²) >= 11 is 3.51. The summed E-state index contributed by atoms with van der Waals surface area (Å²) in [5, 5.41) is 3.34. The van der Waals surface area contributed by atoms with Crippen LogP contribution < -0.4 is 10.1 Å². The van der Waals surface area contributed by atoms with Crippen LogP contribution in [0.2, 0.25) is 0 Å². The van der Waals surface area contributed by atoms with E-state index < -0.39 is 0 Å². The first kappa shape index (κ1) is 15.1. The molecule has 0 aliphatic heterocycles. The predicted octanol–water partition coefficient (Wildman–Crippen LogP) is 4.45. The first-order valence-electron chi connectivity index (χ1n) is 6.86. The van der Waals surface area contributed by atoms with Crippen LogP contribution in [0.3, 0.4) is 0 Å². The van der Waals surface area contributed by atoms with Crippen molar-refractivity contribution in [2.45, 2.75) is 27.0 Å². The Morgan fingerprint density at radius 3 is 2.75 bits per heavy atom. The largest absolute Gasteiger partial charge is 0.489 e. The van der Waals surface area contributed by atoms with Crippen LogP contribution in [0, 0.1) is 6.92 Å². The summed E-state index contributed by atoms with van der Waals surface area (Å²) < 4.78 is 7.05. The van der Waals surface area contributed by atoms with Crippen LogP contribution in [0.15, 0.2) is 46.9 Å². The molecule has 0 amide bonds. The molecule has 106 valence electrons. The van der Waals surface area contributed by atoms with Crippen LogP contribution in [0.4, 0.5) is 0 Å². The Labute approximate surface area is 129 Å². The van der Waals surface area contributed by atoms with Gasteiger partial charge < -0.3 is 10.1 Å². The van der Waals surface area contributed by atoms with Gasteiger partial charge in [0, 0.05) is 16.6 Å². The maximum absolute atomic E-state index is 5.97. The lowest BCUT2D eigenvalue weighted by molar-refractivity contribution is 0.302. The van der Waals surface area contributed by atoms with Crippen molar-refractivity contribution in [3.8, 4) is 5.75 Å². The van der Waals surface area contributed by atoms with Gasteiger partial charge >= 0.3 is 0 Å². The fourth-order valence-corrected chi connectivity index (χ4v) is 2.46. The normalized spacial score (nSPS) is 10.6. The highest BCUT2D eigenvalue weighted by Crippen LogP contribution is 2.24. The molecular formula is C17H20BrNO. The first-order valence-corrected chi connectivity index (χ1v) is 7.66. The SMILES string of the molecule is CCNCc1cc(Br)ccc1OCc1cccc(C)c1. The van der Waals surface area contributed by atoms with E-state index in [-0.39, 0.29) is 0 Å². The Kier molecular flexibility index (Phi) is 5.62. The molecule has 0 radical (unpaired) electrons. The van der Waals surface area contributed by atoms with Gasteiger partial charge in [-0.15, -0.1) is 0 Å². The highest BCUT2D eigenvalue weighted by Gasteiger charge is 2.05. The van der Waals surface area contributed by atoms with Crippen molar-refractivity contribution in [1.82, 2.24) is 5.32 Å². The average molecular weight is 334 g/mol. The van der Waals surface area contributed by atoms with Gasteiger partial charge in [-0.1, -0.05) is 52.7 Å². The van der Waals surface area contributed by atoms with Crippen molar-refractivity contribution in [3.63, 3.8) is 0 Å². The molecule has 0 aliphatic carbocycles. The topological polar surface area (TPSA) is 21.3 Å². The maximum atomic E-state index is 5.97. The summed E-state index contributed by atoms with van der Waals surface area (Å²) in [7, 11) is 0. The number of halogens is 1. The third-order valence-corrected chi connectivity index (χ3v) is 3.56. The van der Waals surface area contributed by atoms with E-state index in [2.05, 4.69) is 65.4 Å². The standard InChI is InChI=1S/C17H20BrNO/c1-3-19-11-15-10-16(18)7-8-17(15)20-12-14-6-4-5-13(2)9-14/h4-10,19H,3,11-12H2,1-2H3. The number of aryl methyl sites for hydroxylation is 1. The summed E-state index contributed by atoms with van der Waals surface area (Å²) in [4.78, 5) is 0. The number of hydrogen-bond acceptors (Lipinski definition) is 2. The molecule has 0 fully saturated rings. The fraction of sp³-hybridized carbons (Fsp3) is 0.294. The molecule has 2 rings (SSSR count). The van der Waals surface area contributed by atoms with E-state index >= 15 is 0 Å². The van der Waals surface area contributed by atoms with E-state index in [1.54, 1.807) is 0 Å². The third-order valence-electron chi connectivity index (χ3n) is 3.06. The van der Waals surface area contributed by atoms with Gasteiger partial charge in [0.1, 0.15) is 12.4 Å². The zero-order chi connectivity index (χ0) is 14.4. The molecule has 0 heterocycles. The van der Waals surface area contributed by atoms with Gasteiger partial charge in [0.05, 0.1) is 0 Å². The Balaban J connectivity index is 2.08. The summed E-state index contributed by atoms with van der Waals surface area (Å²) in [5.41, 5.74) is 3.63. The Bertz CT molecular complexity index is 569. The van der Waals surface area contributed by atoms with E-state index in [1.165, 1.54) is 16.7 Å². The zero-order valence-electron chi connectivity index (χ0n) is 11.9. The van der Waals surface area contributed by atoms with Gasteiger partial charge in [-0.3, -0.25) is 0 Å². The molecule has 0 bridgehead atoms. The molecule has 0 aromatic heterocycles. The molecule has 20 heavy (non-hydrogen) atoms. The molecule has 0 aliphatic rings. The van der Waals surface area contributed by atoms with Gasteiger partial charge in [-0.25, -0.2) is 0 Å².